The van der Waals surface area contributed by atoms with Crippen molar-refractivity contribution in [2.45, 2.75) is 13.0 Å². The summed E-state index contributed by atoms with van der Waals surface area (Å²) in [5.41, 5.74) is 0. The third kappa shape index (κ3) is 2.62. The zero-order chi connectivity index (χ0) is 7.40. The lowest BCUT2D eigenvalue weighted by atomic mass is 10.4. The maximum absolute atomic E-state index is 9.01. The Morgan fingerprint density at radius 2 is 2.10 bits per heavy atom. The molecule has 1 fully saturated rings. The first-order chi connectivity index (χ1) is 4.79. The Balaban J connectivity index is 2.13. The highest BCUT2D eigenvalue weighted by Gasteiger charge is 2.09. The average molecular weight is 145 g/mol. The monoisotopic (exact) mass is 145 g/mol. The van der Waals surface area contributed by atoms with Crippen LogP contribution in [0.4, 0.5) is 0 Å². The number of β-amino-alcohol motifs (C(OH)–C–C–N with tert-alkyl or cyclic N) is 1. The Bertz CT molecular complexity index is 91.0. The fourth-order valence-corrected chi connectivity index (χ4v) is 1.08. The van der Waals surface area contributed by atoms with Gasteiger partial charge in [-0.25, -0.2) is 0 Å². The van der Waals surface area contributed by atoms with Crippen LogP contribution in [0.2, 0.25) is 0 Å². The number of hydrogen-bond acceptors (Lipinski definition) is 4. The van der Waals surface area contributed by atoms with Crippen LogP contribution in [0.5, 0.6) is 0 Å². The van der Waals surface area contributed by atoms with Gasteiger partial charge in [0, 0.05) is 13.2 Å². The van der Waals surface area contributed by atoms with Crippen LogP contribution < -0.4 is 10.6 Å². The van der Waals surface area contributed by atoms with Gasteiger partial charge in [0.25, 0.3) is 0 Å². The quantitative estimate of drug-likeness (QED) is 0.453. The van der Waals surface area contributed by atoms with E-state index in [0.29, 0.717) is 0 Å². The molecule has 1 saturated heterocycles. The molecule has 0 amide bonds. The summed E-state index contributed by atoms with van der Waals surface area (Å²) in [7, 11) is 0. The van der Waals surface area contributed by atoms with Gasteiger partial charge < -0.3 is 5.11 Å². The first-order valence-electron chi connectivity index (χ1n) is 3.61. The van der Waals surface area contributed by atoms with E-state index in [-0.39, 0.29) is 6.10 Å². The van der Waals surface area contributed by atoms with E-state index in [0.717, 1.165) is 26.6 Å². The van der Waals surface area contributed by atoms with E-state index in [2.05, 4.69) is 15.5 Å². The smallest absolute Gasteiger partial charge is 0.0640 e. The first kappa shape index (κ1) is 7.94. The standard InChI is InChI=1S/C6H15N3O/c1-6(10)2-9-4-7-3-8-5-9/h6-8,10H,2-5H2,1H3. The van der Waals surface area contributed by atoms with Crippen molar-refractivity contribution < 1.29 is 5.11 Å². The second-order valence-corrected chi connectivity index (χ2v) is 2.70. The van der Waals surface area contributed by atoms with Gasteiger partial charge in [0.2, 0.25) is 0 Å². The van der Waals surface area contributed by atoms with Crippen LogP contribution >= 0.6 is 0 Å². The molecule has 10 heavy (non-hydrogen) atoms. The Labute approximate surface area is 61.2 Å². The molecule has 1 aliphatic rings. The molecule has 0 bridgehead atoms. The van der Waals surface area contributed by atoms with Crippen molar-refractivity contribution in [2.75, 3.05) is 26.6 Å². The summed E-state index contributed by atoms with van der Waals surface area (Å²) in [5, 5.41) is 15.3. The zero-order valence-electron chi connectivity index (χ0n) is 6.30. The van der Waals surface area contributed by atoms with Crippen molar-refractivity contribution in [1.29, 1.82) is 0 Å². The van der Waals surface area contributed by atoms with Gasteiger partial charge in [-0.3, -0.25) is 15.5 Å². The van der Waals surface area contributed by atoms with Gasteiger partial charge >= 0.3 is 0 Å². The van der Waals surface area contributed by atoms with Gasteiger partial charge in [-0.1, -0.05) is 0 Å². The van der Waals surface area contributed by atoms with Crippen molar-refractivity contribution in [3.05, 3.63) is 0 Å². The van der Waals surface area contributed by atoms with Crippen molar-refractivity contribution in [3.63, 3.8) is 0 Å². The molecular weight excluding hydrogens is 130 g/mol. The largest absolute Gasteiger partial charge is 0.392 e. The van der Waals surface area contributed by atoms with Gasteiger partial charge in [0.1, 0.15) is 0 Å². The highest BCUT2D eigenvalue weighted by molar-refractivity contribution is 4.62. The van der Waals surface area contributed by atoms with E-state index in [9.17, 15) is 0 Å². The molecule has 4 heteroatoms. The van der Waals surface area contributed by atoms with E-state index >= 15 is 0 Å². The second kappa shape index (κ2) is 3.88. The summed E-state index contributed by atoms with van der Waals surface area (Å²) in [4.78, 5) is 2.12. The van der Waals surface area contributed by atoms with E-state index in [1.165, 1.54) is 0 Å². The molecule has 0 aromatic rings. The molecule has 1 atom stereocenters. The van der Waals surface area contributed by atoms with Gasteiger partial charge in [-0.05, 0) is 6.92 Å². The molecule has 0 saturated carbocycles. The molecule has 1 heterocycles. The van der Waals surface area contributed by atoms with Crippen LogP contribution in [0.15, 0.2) is 0 Å². The van der Waals surface area contributed by atoms with Crippen LogP contribution in [0, 0.1) is 0 Å². The summed E-state index contributed by atoms with van der Waals surface area (Å²) in [5.74, 6) is 0. The number of hydrogen-bond donors (Lipinski definition) is 3. The van der Waals surface area contributed by atoms with E-state index in [1.54, 1.807) is 6.92 Å². The van der Waals surface area contributed by atoms with Crippen LogP contribution in [0.3, 0.4) is 0 Å². The molecule has 0 spiro atoms. The average Bonchev–Trinajstić information content (AvgIpc) is 1.88. The molecule has 3 N–H and O–H groups in total. The fourth-order valence-electron chi connectivity index (χ4n) is 1.08. The lowest BCUT2D eigenvalue weighted by Gasteiger charge is -2.28. The molecule has 0 radical (unpaired) electrons. The normalized spacial score (nSPS) is 24.6. The van der Waals surface area contributed by atoms with E-state index in [1.807, 2.05) is 0 Å². The number of nitrogens with zero attached hydrogens (tertiary/aromatic N) is 1. The Hall–Kier alpha value is -0.160. The van der Waals surface area contributed by atoms with E-state index < -0.39 is 0 Å². The lowest BCUT2D eigenvalue weighted by molar-refractivity contribution is 0.1000. The predicted molar refractivity (Wildman–Crippen MR) is 39.3 cm³/mol. The number of nitrogens with one attached hydrogen (secondary N) is 2. The van der Waals surface area contributed by atoms with Crippen LogP contribution in [-0.2, 0) is 0 Å². The Morgan fingerprint density at radius 3 is 2.60 bits per heavy atom. The van der Waals surface area contributed by atoms with Crippen molar-refractivity contribution >= 4 is 0 Å². The van der Waals surface area contributed by atoms with Gasteiger partial charge in [0.15, 0.2) is 0 Å². The fraction of sp³-hybridized carbons (Fsp3) is 1.00. The first-order valence-corrected chi connectivity index (χ1v) is 3.61. The second-order valence-electron chi connectivity index (χ2n) is 2.70. The van der Waals surface area contributed by atoms with Crippen molar-refractivity contribution in [3.8, 4) is 0 Å². The minimum atomic E-state index is -0.235. The summed E-state index contributed by atoms with van der Waals surface area (Å²) in [6, 6.07) is 0. The van der Waals surface area contributed by atoms with Crippen LogP contribution in [0.25, 0.3) is 0 Å². The summed E-state index contributed by atoms with van der Waals surface area (Å²) in [6.07, 6.45) is -0.235. The Morgan fingerprint density at radius 1 is 1.50 bits per heavy atom. The molecular formula is C6H15N3O. The maximum atomic E-state index is 9.01. The number of rotatable bonds is 2. The SMILES string of the molecule is CC(O)CN1CNCNC1. The third-order valence-corrected chi connectivity index (χ3v) is 1.44. The number of aliphatic hydroxyl groups excluding tert-OH is 1. The Kier molecular flexibility index (Phi) is 3.08. The van der Waals surface area contributed by atoms with Gasteiger partial charge in [0.05, 0.1) is 19.4 Å². The van der Waals surface area contributed by atoms with Gasteiger partial charge in [-0.2, -0.15) is 0 Å². The summed E-state index contributed by atoms with van der Waals surface area (Å²) >= 11 is 0. The van der Waals surface area contributed by atoms with Crippen molar-refractivity contribution in [1.82, 2.24) is 15.5 Å². The third-order valence-electron chi connectivity index (χ3n) is 1.44. The minimum absolute atomic E-state index is 0.235. The number of aliphatic hydroxyl groups is 1. The topological polar surface area (TPSA) is 47.5 Å². The predicted octanol–water partition coefficient (Wildman–Crippen LogP) is -1.27. The molecule has 0 aromatic carbocycles. The highest BCUT2D eigenvalue weighted by Crippen LogP contribution is 1.90. The molecule has 60 valence electrons. The van der Waals surface area contributed by atoms with Gasteiger partial charge in [-0.15, -0.1) is 0 Å². The van der Waals surface area contributed by atoms with Crippen LogP contribution in [0.1, 0.15) is 6.92 Å². The minimum Gasteiger partial charge on any atom is -0.392 e. The van der Waals surface area contributed by atoms with Crippen LogP contribution in [-0.4, -0.2) is 42.7 Å². The maximum Gasteiger partial charge on any atom is 0.0640 e. The molecule has 1 unspecified atom stereocenters. The van der Waals surface area contributed by atoms with Crippen molar-refractivity contribution in [2.24, 2.45) is 0 Å². The lowest BCUT2D eigenvalue weighted by Crippen LogP contribution is -2.52. The summed E-state index contributed by atoms with van der Waals surface area (Å²) < 4.78 is 0. The molecule has 1 rings (SSSR count). The zero-order valence-corrected chi connectivity index (χ0v) is 6.30. The molecule has 1 aliphatic heterocycles. The molecule has 0 aliphatic carbocycles. The highest BCUT2D eigenvalue weighted by atomic mass is 16.3. The van der Waals surface area contributed by atoms with E-state index in [4.69, 9.17) is 5.11 Å². The molecule has 4 nitrogen and oxygen atoms in total. The summed E-state index contributed by atoms with van der Waals surface area (Å²) in [6.45, 7) is 5.15. The molecule has 0 aromatic heterocycles.